The molecule has 2 aromatic heterocycles. The highest BCUT2D eigenvalue weighted by molar-refractivity contribution is 5.64. The summed E-state index contributed by atoms with van der Waals surface area (Å²) in [7, 11) is 1.82. The van der Waals surface area contributed by atoms with Crippen molar-refractivity contribution >= 4 is 11.5 Å². The lowest BCUT2D eigenvalue weighted by molar-refractivity contribution is -0.385. The largest absolute Gasteiger partial charge is 0.355 e. The van der Waals surface area contributed by atoms with E-state index in [1.807, 2.05) is 83.5 Å². The van der Waals surface area contributed by atoms with Gasteiger partial charge in [-0.2, -0.15) is 10.4 Å². The van der Waals surface area contributed by atoms with E-state index in [1.54, 1.807) is 12.1 Å². The van der Waals surface area contributed by atoms with Gasteiger partial charge in [0.15, 0.2) is 0 Å². The Morgan fingerprint density at radius 2 is 1.74 bits per heavy atom. The zero-order valence-corrected chi connectivity index (χ0v) is 16.7. The van der Waals surface area contributed by atoms with E-state index in [4.69, 9.17) is 5.10 Å². The molecular formula is C23H18N6O2. The van der Waals surface area contributed by atoms with Gasteiger partial charge in [0.1, 0.15) is 11.9 Å². The molecule has 0 aliphatic carbocycles. The molecule has 0 saturated heterocycles. The van der Waals surface area contributed by atoms with Crippen molar-refractivity contribution in [2.45, 2.75) is 6.54 Å². The van der Waals surface area contributed by atoms with E-state index in [0.29, 0.717) is 12.4 Å². The van der Waals surface area contributed by atoms with Crippen LogP contribution >= 0.6 is 0 Å². The van der Waals surface area contributed by atoms with E-state index >= 15 is 0 Å². The molecule has 0 amide bonds. The van der Waals surface area contributed by atoms with Crippen molar-refractivity contribution in [2.24, 2.45) is 0 Å². The smallest absolute Gasteiger partial charge is 0.305 e. The van der Waals surface area contributed by atoms with Crippen LogP contribution in [0.25, 0.3) is 16.9 Å². The molecule has 2 heterocycles. The third-order valence-corrected chi connectivity index (χ3v) is 4.82. The number of aromatic nitrogens is 3. The van der Waals surface area contributed by atoms with Gasteiger partial charge in [0, 0.05) is 37.0 Å². The first-order valence-electron chi connectivity index (χ1n) is 9.53. The van der Waals surface area contributed by atoms with Gasteiger partial charge in [0.2, 0.25) is 5.69 Å². The molecule has 0 atom stereocenters. The molecule has 152 valence electrons. The van der Waals surface area contributed by atoms with Crippen LogP contribution in [0, 0.1) is 21.4 Å². The van der Waals surface area contributed by atoms with E-state index in [-0.39, 0.29) is 11.4 Å². The maximum Gasteiger partial charge on any atom is 0.305 e. The molecule has 4 aromatic rings. The number of pyridine rings is 1. The van der Waals surface area contributed by atoms with Crippen molar-refractivity contribution in [3.8, 4) is 23.0 Å². The second-order valence-electron chi connectivity index (χ2n) is 6.91. The van der Waals surface area contributed by atoms with Gasteiger partial charge in [0.05, 0.1) is 16.3 Å². The van der Waals surface area contributed by atoms with Crippen molar-refractivity contribution in [1.82, 2.24) is 14.8 Å². The second kappa shape index (κ2) is 8.47. The van der Waals surface area contributed by atoms with Crippen molar-refractivity contribution in [3.63, 3.8) is 0 Å². The van der Waals surface area contributed by atoms with Crippen LogP contribution in [-0.2, 0) is 6.54 Å². The summed E-state index contributed by atoms with van der Waals surface area (Å²) in [5, 5.41) is 25.1. The third kappa shape index (κ3) is 4.11. The molecule has 0 aliphatic rings. The number of nitro groups is 1. The lowest BCUT2D eigenvalue weighted by Gasteiger charge is -2.18. The maximum atomic E-state index is 11.1. The summed E-state index contributed by atoms with van der Waals surface area (Å²) in [5.41, 5.74) is 3.19. The summed E-state index contributed by atoms with van der Waals surface area (Å²) in [4.78, 5) is 16.5. The predicted molar refractivity (Wildman–Crippen MR) is 117 cm³/mol. The number of benzene rings is 2. The van der Waals surface area contributed by atoms with Gasteiger partial charge in [-0.05, 0) is 18.2 Å². The molecule has 0 radical (unpaired) electrons. The molecule has 31 heavy (non-hydrogen) atoms. The zero-order valence-electron chi connectivity index (χ0n) is 16.7. The van der Waals surface area contributed by atoms with Gasteiger partial charge in [-0.3, -0.25) is 10.1 Å². The standard InChI is InChI=1S/C23H18N6O2/c1-27(22-13-12-21(29(30)31)20(14-24)25-22)15-18-16-28(19-10-6-3-7-11-19)26-23(18)17-8-4-2-5-9-17/h2-13,16H,15H2,1H3. The fourth-order valence-electron chi connectivity index (χ4n) is 3.30. The van der Waals surface area contributed by atoms with Gasteiger partial charge in [-0.25, -0.2) is 9.67 Å². The van der Waals surface area contributed by atoms with Crippen LogP contribution in [0.4, 0.5) is 11.5 Å². The monoisotopic (exact) mass is 410 g/mol. The number of nitrogens with zero attached hydrogens (tertiary/aromatic N) is 6. The summed E-state index contributed by atoms with van der Waals surface area (Å²) < 4.78 is 1.83. The Balaban J connectivity index is 1.71. The SMILES string of the molecule is CN(Cc1cn(-c2ccccc2)nc1-c1ccccc1)c1ccc([N+](=O)[O-])c(C#N)n1. The first kappa shape index (κ1) is 19.8. The number of hydrogen-bond donors (Lipinski definition) is 0. The number of nitriles is 1. The van der Waals surface area contributed by atoms with Crippen LogP contribution in [0.2, 0.25) is 0 Å². The summed E-state index contributed by atoms with van der Waals surface area (Å²) in [6.45, 7) is 0.451. The molecule has 2 aromatic carbocycles. The molecule has 0 fully saturated rings. The van der Waals surface area contributed by atoms with E-state index < -0.39 is 4.92 Å². The highest BCUT2D eigenvalue weighted by Gasteiger charge is 2.19. The van der Waals surface area contributed by atoms with Gasteiger partial charge in [-0.15, -0.1) is 0 Å². The third-order valence-electron chi connectivity index (χ3n) is 4.82. The lowest BCUT2D eigenvalue weighted by Crippen LogP contribution is -2.18. The van der Waals surface area contributed by atoms with Crippen molar-refractivity contribution in [2.75, 3.05) is 11.9 Å². The number of rotatable bonds is 6. The minimum absolute atomic E-state index is 0.211. The molecule has 0 unspecified atom stereocenters. The summed E-state index contributed by atoms with van der Waals surface area (Å²) >= 11 is 0. The average molecular weight is 410 g/mol. The van der Waals surface area contributed by atoms with E-state index in [9.17, 15) is 15.4 Å². The van der Waals surface area contributed by atoms with Crippen LogP contribution in [0.3, 0.4) is 0 Å². The Morgan fingerprint density at radius 3 is 2.39 bits per heavy atom. The fraction of sp³-hybridized carbons (Fsp3) is 0.0870. The Hall–Kier alpha value is -4.51. The van der Waals surface area contributed by atoms with Crippen molar-refractivity contribution in [1.29, 1.82) is 5.26 Å². The molecule has 0 aliphatic heterocycles. The topological polar surface area (TPSA) is 101 Å². The molecule has 0 saturated carbocycles. The first-order valence-corrected chi connectivity index (χ1v) is 9.53. The van der Waals surface area contributed by atoms with Crippen LogP contribution in [0.5, 0.6) is 0 Å². The van der Waals surface area contributed by atoms with Crippen LogP contribution in [0.1, 0.15) is 11.3 Å². The molecule has 4 rings (SSSR count). The molecule has 8 heteroatoms. The minimum Gasteiger partial charge on any atom is -0.355 e. The quantitative estimate of drug-likeness (QED) is 0.346. The molecule has 0 bridgehead atoms. The first-order chi connectivity index (χ1) is 15.1. The van der Waals surface area contributed by atoms with Crippen LogP contribution < -0.4 is 4.90 Å². The Bertz CT molecular complexity index is 1260. The van der Waals surface area contributed by atoms with Gasteiger partial charge < -0.3 is 4.90 Å². The average Bonchev–Trinajstić information content (AvgIpc) is 3.23. The van der Waals surface area contributed by atoms with E-state index in [2.05, 4.69) is 4.98 Å². The van der Waals surface area contributed by atoms with E-state index in [0.717, 1.165) is 22.5 Å². The number of para-hydroxylation sites is 1. The summed E-state index contributed by atoms with van der Waals surface area (Å²) in [5.74, 6) is 0.466. The maximum absolute atomic E-state index is 11.1. The summed E-state index contributed by atoms with van der Waals surface area (Å²) in [6.07, 6.45) is 1.96. The molecular weight excluding hydrogens is 392 g/mol. The number of anilines is 1. The molecule has 0 N–H and O–H groups in total. The highest BCUT2D eigenvalue weighted by atomic mass is 16.6. The fourth-order valence-corrected chi connectivity index (χ4v) is 3.30. The molecule has 0 spiro atoms. The van der Waals surface area contributed by atoms with Gasteiger partial charge in [-0.1, -0.05) is 48.5 Å². The number of hydrogen-bond acceptors (Lipinski definition) is 6. The highest BCUT2D eigenvalue weighted by Crippen LogP contribution is 2.27. The van der Waals surface area contributed by atoms with Crippen molar-refractivity contribution in [3.05, 3.63) is 100 Å². The van der Waals surface area contributed by atoms with Gasteiger partial charge >= 0.3 is 5.69 Å². The van der Waals surface area contributed by atoms with Crippen molar-refractivity contribution < 1.29 is 4.92 Å². The summed E-state index contributed by atoms with van der Waals surface area (Å²) in [6, 6.07) is 24.3. The van der Waals surface area contributed by atoms with Crippen LogP contribution in [0.15, 0.2) is 79.0 Å². The predicted octanol–water partition coefficient (Wildman–Crippen LogP) is 4.35. The Morgan fingerprint density at radius 1 is 1.06 bits per heavy atom. The minimum atomic E-state index is -0.604. The normalized spacial score (nSPS) is 10.5. The zero-order chi connectivity index (χ0) is 21.8. The van der Waals surface area contributed by atoms with E-state index in [1.165, 1.54) is 6.07 Å². The Kier molecular flexibility index (Phi) is 5.41. The Labute approximate surface area is 178 Å². The second-order valence-corrected chi connectivity index (χ2v) is 6.91. The van der Waals surface area contributed by atoms with Gasteiger partial charge in [0.25, 0.3) is 0 Å². The molecule has 8 nitrogen and oxygen atoms in total. The lowest BCUT2D eigenvalue weighted by atomic mass is 10.1. The van der Waals surface area contributed by atoms with Crippen LogP contribution in [-0.4, -0.2) is 26.7 Å².